The Morgan fingerprint density at radius 2 is 1.38 bits per heavy atom. The lowest BCUT2D eigenvalue weighted by atomic mass is 10.1. The zero-order valence-corrected chi connectivity index (χ0v) is 23.9. The van der Waals surface area contributed by atoms with E-state index >= 15 is 0 Å². The molecule has 0 aliphatic heterocycles. The van der Waals surface area contributed by atoms with Crippen LogP contribution in [0.25, 0.3) is 10.4 Å². The first-order valence-electron chi connectivity index (χ1n) is 13.5. The first kappa shape index (κ1) is 31.3. The van der Waals surface area contributed by atoms with E-state index in [1.165, 1.54) is 0 Å². The van der Waals surface area contributed by atoms with Gasteiger partial charge in [0, 0.05) is 4.91 Å². The number of benzene rings is 3. The Labute approximate surface area is 237 Å². The fraction of sp³-hybridized carbons (Fsp3) is 0.355. The Morgan fingerprint density at radius 3 is 1.88 bits per heavy atom. The molecule has 212 valence electrons. The van der Waals surface area contributed by atoms with E-state index in [4.69, 9.17) is 18.5 Å². The molecule has 3 rings (SSSR count). The average molecular weight is 564 g/mol. The average Bonchev–Trinajstić information content (AvgIpc) is 3.00. The van der Waals surface area contributed by atoms with Crippen molar-refractivity contribution < 1.29 is 23.1 Å². The molecular formula is C31H38N3O5P. The van der Waals surface area contributed by atoms with Crippen molar-refractivity contribution in [2.24, 2.45) is 5.11 Å². The minimum atomic E-state index is -3.57. The highest BCUT2D eigenvalue weighted by molar-refractivity contribution is 7.53. The molecule has 0 amide bonds. The molecule has 0 N–H and O–H groups in total. The van der Waals surface area contributed by atoms with E-state index < -0.39 is 19.7 Å². The molecule has 0 bridgehead atoms. The molecule has 0 heterocycles. The molecule has 0 saturated carbocycles. The van der Waals surface area contributed by atoms with Crippen LogP contribution in [0.15, 0.2) is 108 Å². The van der Waals surface area contributed by atoms with E-state index in [9.17, 15) is 10.1 Å². The Bertz CT molecular complexity index is 1170. The molecular weight excluding hydrogens is 525 g/mol. The monoisotopic (exact) mass is 563 g/mol. The van der Waals surface area contributed by atoms with E-state index in [2.05, 4.69) is 16.9 Å². The third kappa shape index (κ3) is 11.9. The van der Waals surface area contributed by atoms with Gasteiger partial charge in [0.1, 0.15) is 6.79 Å². The predicted octanol–water partition coefficient (Wildman–Crippen LogP) is 8.60. The fourth-order valence-electron chi connectivity index (χ4n) is 3.86. The molecule has 0 unspecified atom stereocenters. The van der Waals surface area contributed by atoms with Gasteiger partial charge in [0.2, 0.25) is 0 Å². The van der Waals surface area contributed by atoms with Crippen LogP contribution in [0, 0.1) is 0 Å². The van der Waals surface area contributed by atoms with Gasteiger partial charge in [-0.3, -0.25) is 4.57 Å². The van der Waals surface area contributed by atoms with Gasteiger partial charge in [0.15, 0.2) is 0 Å². The lowest BCUT2D eigenvalue weighted by Gasteiger charge is -2.24. The third-order valence-corrected chi connectivity index (χ3v) is 7.91. The molecule has 0 fully saturated rings. The second-order valence-corrected chi connectivity index (χ2v) is 11.4. The molecule has 40 heavy (non-hydrogen) atoms. The van der Waals surface area contributed by atoms with Gasteiger partial charge in [-0.1, -0.05) is 122 Å². The van der Waals surface area contributed by atoms with Crippen molar-refractivity contribution in [1.29, 1.82) is 0 Å². The molecule has 8 nitrogen and oxygen atoms in total. The van der Waals surface area contributed by atoms with Crippen LogP contribution in [-0.2, 0) is 42.9 Å². The maximum atomic E-state index is 13.9. The Kier molecular flexibility index (Phi) is 14.2. The van der Waals surface area contributed by atoms with Crippen molar-refractivity contribution in [1.82, 2.24) is 0 Å². The summed E-state index contributed by atoms with van der Waals surface area (Å²) in [5.74, 6) is 0. The zero-order valence-electron chi connectivity index (χ0n) is 23.0. The van der Waals surface area contributed by atoms with Crippen molar-refractivity contribution in [2.75, 3.05) is 13.0 Å². The second kappa shape index (κ2) is 18.2. The SMILES string of the molecule is CCC/C=C/[C@@H](OCOCc1ccccc1)[C@H](CCP(=O)(OCc1ccccc1)OCc1ccccc1)N=[N+]=[N-]. The molecule has 3 aromatic rings. The summed E-state index contributed by atoms with van der Waals surface area (Å²) in [6.07, 6.45) is 5.44. The molecule has 0 aliphatic carbocycles. The Hall–Kier alpha value is -3.22. The first-order valence-corrected chi connectivity index (χ1v) is 15.2. The number of hydrogen-bond acceptors (Lipinski definition) is 6. The molecule has 0 aliphatic rings. The summed E-state index contributed by atoms with van der Waals surface area (Å²) in [5.41, 5.74) is 12.1. The molecule has 3 aromatic carbocycles. The van der Waals surface area contributed by atoms with Gasteiger partial charge in [-0.05, 0) is 35.1 Å². The van der Waals surface area contributed by atoms with Crippen LogP contribution in [0.3, 0.4) is 0 Å². The Morgan fingerprint density at radius 1 is 0.850 bits per heavy atom. The maximum absolute atomic E-state index is 13.9. The largest absolute Gasteiger partial charge is 0.351 e. The smallest absolute Gasteiger partial charge is 0.331 e. The Balaban J connectivity index is 1.68. The highest BCUT2D eigenvalue weighted by atomic mass is 31.2. The van der Waals surface area contributed by atoms with E-state index in [1.54, 1.807) is 0 Å². The first-order chi connectivity index (χ1) is 19.6. The fourth-order valence-corrected chi connectivity index (χ4v) is 5.46. The highest BCUT2D eigenvalue weighted by Crippen LogP contribution is 2.50. The van der Waals surface area contributed by atoms with Gasteiger partial charge in [0.05, 0.1) is 38.1 Å². The summed E-state index contributed by atoms with van der Waals surface area (Å²) in [4.78, 5) is 3.05. The van der Waals surface area contributed by atoms with Crippen molar-refractivity contribution in [3.63, 3.8) is 0 Å². The number of unbranched alkanes of at least 4 members (excludes halogenated alkanes) is 1. The van der Waals surface area contributed by atoms with Crippen LogP contribution in [0.5, 0.6) is 0 Å². The van der Waals surface area contributed by atoms with Gasteiger partial charge in [-0.2, -0.15) is 0 Å². The molecule has 0 aromatic heterocycles. The normalized spacial score (nSPS) is 13.1. The van der Waals surface area contributed by atoms with Crippen LogP contribution >= 0.6 is 7.60 Å². The van der Waals surface area contributed by atoms with Crippen molar-refractivity contribution >= 4 is 7.60 Å². The summed E-state index contributed by atoms with van der Waals surface area (Å²) in [6, 6.07) is 28.2. The zero-order chi connectivity index (χ0) is 28.3. The quantitative estimate of drug-likeness (QED) is 0.0276. The topological polar surface area (TPSA) is 103 Å². The molecule has 0 radical (unpaired) electrons. The number of azide groups is 1. The molecule has 2 atom stereocenters. The van der Waals surface area contributed by atoms with Gasteiger partial charge in [-0.25, -0.2) is 0 Å². The highest BCUT2D eigenvalue weighted by Gasteiger charge is 2.29. The van der Waals surface area contributed by atoms with Gasteiger partial charge >= 0.3 is 7.60 Å². The van der Waals surface area contributed by atoms with Crippen molar-refractivity contribution in [2.45, 2.75) is 58.2 Å². The van der Waals surface area contributed by atoms with Gasteiger partial charge in [0.25, 0.3) is 0 Å². The van der Waals surface area contributed by atoms with Crippen LogP contribution in [-0.4, -0.2) is 25.1 Å². The third-order valence-electron chi connectivity index (χ3n) is 6.06. The maximum Gasteiger partial charge on any atom is 0.331 e. The summed E-state index contributed by atoms with van der Waals surface area (Å²) in [5, 5.41) is 4.00. The minimum absolute atomic E-state index is 0.0140. The lowest BCUT2D eigenvalue weighted by Crippen LogP contribution is -2.27. The standard InChI is InChI=1S/C31H38N3O5P/c1-2-3-7-20-31(37-26-36-23-27-14-8-4-9-15-27)30(33-34-32)21-22-40(35,38-24-28-16-10-5-11-17-28)39-25-29-18-12-6-13-19-29/h4-20,30-31H,2-3,21-26H2,1H3/b20-7+/t30-,31+/m0/s1. The van der Waals surface area contributed by atoms with Crippen LogP contribution in [0.1, 0.15) is 42.9 Å². The number of hydrogen-bond donors (Lipinski definition) is 0. The number of rotatable bonds is 19. The molecule has 9 heteroatoms. The number of ether oxygens (including phenoxy) is 2. The summed E-state index contributed by atoms with van der Waals surface area (Å²) < 4.78 is 37.4. The lowest BCUT2D eigenvalue weighted by molar-refractivity contribution is -0.0880. The van der Waals surface area contributed by atoms with Crippen LogP contribution in [0.4, 0.5) is 0 Å². The van der Waals surface area contributed by atoms with E-state index in [0.29, 0.717) is 6.61 Å². The summed E-state index contributed by atoms with van der Waals surface area (Å²) in [7, 11) is -3.57. The number of allylic oxidation sites excluding steroid dienone is 1. The van der Waals surface area contributed by atoms with Crippen molar-refractivity contribution in [3.05, 3.63) is 130 Å². The van der Waals surface area contributed by atoms with E-state index in [-0.39, 0.29) is 32.6 Å². The van der Waals surface area contributed by atoms with Gasteiger partial charge < -0.3 is 18.5 Å². The van der Waals surface area contributed by atoms with Crippen molar-refractivity contribution in [3.8, 4) is 0 Å². The van der Waals surface area contributed by atoms with Crippen LogP contribution < -0.4 is 0 Å². The van der Waals surface area contributed by atoms with Gasteiger partial charge in [-0.15, -0.1) is 0 Å². The van der Waals surface area contributed by atoms with E-state index in [0.717, 1.165) is 29.5 Å². The summed E-state index contributed by atoms with van der Waals surface area (Å²) in [6.45, 7) is 2.78. The predicted molar refractivity (Wildman–Crippen MR) is 158 cm³/mol. The molecule has 0 spiro atoms. The second-order valence-electron chi connectivity index (χ2n) is 9.21. The molecule has 0 saturated heterocycles. The van der Waals surface area contributed by atoms with Crippen LogP contribution in [0.2, 0.25) is 0 Å². The minimum Gasteiger partial charge on any atom is -0.351 e. The summed E-state index contributed by atoms with van der Waals surface area (Å²) >= 11 is 0. The van der Waals surface area contributed by atoms with E-state index in [1.807, 2.05) is 103 Å². The number of nitrogens with zero attached hydrogens (tertiary/aromatic N) is 3.